The minimum atomic E-state index is -0.990. The average molecular weight is 851 g/mol. The van der Waals surface area contributed by atoms with Gasteiger partial charge in [0.05, 0.1) is 68.7 Å². The SMILES string of the molecule is C=CC(=O)OCCC(C)(CC)OCC(COC(C)(CC)CCOC(=O)C=C)(COC(C)(CC)CCOC(C)(CC)C(=O)C=C)CC(C)(CC)OCCC(C)(C)OC(=O)C=C. The summed E-state index contributed by atoms with van der Waals surface area (Å²) in [4.78, 5) is 48.6. The van der Waals surface area contributed by atoms with Crippen LogP contribution in [-0.4, -0.2) is 104 Å². The third kappa shape index (κ3) is 20.6. The first-order chi connectivity index (χ1) is 27.9. The third-order valence-corrected chi connectivity index (χ3v) is 12.1. The van der Waals surface area contributed by atoms with Crippen LogP contribution < -0.4 is 0 Å². The molecule has 0 saturated carbocycles. The van der Waals surface area contributed by atoms with Gasteiger partial charge in [-0.2, -0.15) is 0 Å². The Labute approximate surface area is 363 Å². The first-order valence-electron chi connectivity index (χ1n) is 21.7. The van der Waals surface area contributed by atoms with Gasteiger partial charge in [-0.25, -0.2) is 14.4 Å². The Kier molecular flexibility index (Phi) is 25.0. The topological polar surface area (TPSA) is 142 Å². The molecule has 5 unspecified atom stereocenters. The van der Waals surface area contributed by atoms with Crippen LogP contribution in [0.2, 0.25) is 0 Å². The van der Waals surface area contributed by atoms with Crippen LogP contribution in [0.15, 0.2) is 50.6 Å². The van der Waals surface area contributed by atoms with Gasteiger partial charge in [-0.05, 0) is 99.5 Å². The van der Waals surface area contributed by atoms with Crippen molar-refractivity contribution in [3.8, 4) is 0 Å². The molecule has 60 heavy (non-hydrogen) atoms. The number of ether oxygens (including phenoxy) is 8. The zero-order chi connectivity index (χ0) is 46.3. The molecule has 0 aliphatic rings. The lowest BCUT2D eigenvalue weighted by Gasteiger charge is -2.46. The van der Waals surface area contributed by atoms with E-state index in [0.29, 0.717) is 70.8 Å². The predicted octanol–water partition coefficient (Wildman–Crippen LogP) is 9.57. The van der Waals surface area contributed by atoms with Gasteiger partial charge in [0.25, 0.3) is 0 Å². The second-order valence-corrected chi connectivity index (χ2v) is 17.7. The zero-order valence-electron chi connectivity index (χ0n) is 39.6. The van der Waals surface area contributed by atoms with Gasteiger partial charge in [-0.3, -0.25) is 4.79 Å². The summed E-state index contributed by atoms with van der Waals surface area (Å²) in [5.41, 5.74) is -5.38. The van der Waals surface area contributed by atoms with Crippen LogP contribution in [0.4, 0.5) is 0 Å². The van der Waals surface area contributed by atoms with E-state index in [9.17, 15) is 19.2 Å². The lowest BCUT2D eigenvalue weighted by atomic mass is 9.77. The van der Waals surface area contributed by atoms with E-state index in [2.05, 4.69) is 47.1 Å². The lowest BCUT2D eigenvalue weighted by molar-refractivity contribution is -0.196. The van der Waals surface area contributed by atoms with Crippen LogP contribution in [0, 0.1) is 5.41 Å². The minimum Gasteiger partial charge on any atom is -0.462 e. The van der Waals surface area contributed by atoms with Gasteiger partial charge in [-0.15, -0.1) is 0 Å². The molecule has 346 valence electrons. The molecule has 0 radical (unpaired) electrons. The Balaban J connectivity index is 7.17. The summed E-state index contributed by atoms with van der Waals surface area (Å²) in [6.45, 7) is 39.3. The molecule has 0 aromatic heterocycles. The summed E-state index contributed by atoms with van der Waals surface area (Å²) in [7, 11) is 0. The smallest absolute Gasteiger partial charge is 0.330 e. The van der Waals surface area contributed by atoms with Crippen LogP contribution in [-0.2, 0) is 57.1 Å². The summed E-state index contributed by atoms with van der Waals surface area (Å²) in [6, 6.07) is 0. The van der Waals surface area contributed by atoms with E-state index >= 15 is 0 Å². The van der Waals surface area contributed by atoms with E-state index in [1.165, 1.54) is 6.08 Å². The molecule has 0 aliphatic carbocycles. The normalized spacial score (nSPS) is 17.8. The van der Waals surface area contributed by atoms with E-state index in [1.807, 2.05) is 55.4 Å². The monoisotopic (exact) mass is 851 g/mol. The standard InChI is InChI=1S/C48H82O12/c1-17-38(49)47(16,25-9)56-33-29-45(14,23-7)59-37-48(35-57-43(12,21-5)27-30-53-39(50)18-2,36-58-44(13,22-6)28-31-54-40(51)19-3)34-46(15,24-8)55-32-26-42(10,11)60-41(52)20-4/h17-20H,1-4,21-37H2,5-16H3. The molecule has 0 bridgehead atoms. The average Bonchev–Trinajstić information content (AvgIpc) is 3.23. The third-order valence-electron chi connectivity index (χ3n) is 12.1. The van der Waals surface area contributed by atoms with E-state index < -0.39 is 56.9 Å². The van der Waals surface area contributed by atoms with Crippen LogP contribution in [0.25, 0.3) is 0 Å². The molecule has 0 saturated heterocycles. The van der Waals surface area contributed by atoms with Crippen molar-refractivity contribution in [2.45, 2.75) is 181 Å². The van der Waals surface area contributed by atoms with Crippen LogP contribution in [0.1, 0.15) is 147 Å². The highest BCUT2D eigenvalue weighted by atomic mass is 16.6. The molecule has 0 N–H and O–H groups in total. The number of rotatable bonds is 36. The van der Waals surface area contributed by atoms with Gasteiger partial charge in [0.2, 0.25) is 0 Å². The lowest BCUT2D eigenvalue weighted by Crippen LogP contribution is -2.50. The maximum Gasteiger partial charge on any atom is 0.330 e. The van der Waals surface area contributed by atoms with Crippen molar-refractivity contribution in [1.29, 1.82) is 0 Å². The predicted molar refractivity (Wildman–Crippen MR) is 237 cm³/mol. The molecule has 0 fully saturated rings. The van der Waals surface area contributed by atoms with Crippen LogP contribution in [0.3, 0.4) is 0 Å². The number of hydrogen-bond acceptors (Lipinski definition) is 12. The Morgan fingerprint density at radius 3 is 1.18 bits per heavy atom. The molecule has 0 spiro atoms. The number of ketones is 1. The number of hydrogen-bond donors (Lipinski definition) is 0. The Bertz CT molecular complexity index is 1350. The molecule has 0 amide bonds. The second kappa shape index (κ2) is 26.3. The summed E-state index contributed by atoms with van der Waals surface area (Å²) >= 11 is 0. The highest BCUT2D eigenvalue weighted by molar-refractivity contribution is 5.96. The molecule has 0 aromatic rings. The van der Waals surface area contributed by atoms with Crippen molar-refractivity contribution in [1.82, 2.24) is 0 Å². The van der Waals surface area contributed by atoms with Gasteiger partial charge in [-0.1, -0.05) is 60.9 Å². The highest BCUT2D eigenvalue weighted by Gasteiger charge is 2.45. The molecule has 5 atom stereocenters. The molecule has 0 heterocycles. The summed E-state index contributed by atoms with van der Waals surface area (Å²) in [5, 5.41) is 0. The Hall–Kier alpha value is -3.16. The number of carbonyl (C=O) groups excluding carboxylic acids is 4. The fourth-order valence-corrected chi connectivity index (χ4v) is 6.20. The number of esters is 3. The highest BCUT2D eigenvalue weighted by Crippen LogP contribution is 2.40. The summed E-state index contributed by atoms with van der Waals surface area (Å²) < 4.78 is 50.1. The Morgan fingerprint density at radius 2 is 0.833 bits per heavy atom. The van der Waals surface area contributed by atoms with E-state index in [0.717, 1.165) is 18.2 Å². The molecule has 0 aliphatic heterocycles. The summed E-state index contributed by atoms with van der Waals surface area (Å²) in [6.07, 6.45) is 10.00. The van der Waals surface area contributed by atoms with Crippen molar-refractivity contribution in [3.05, 3.63) is 50.6 Å². The largest absolute Gasteiger partial charge is 0.462 e. The first-order valence-corrected chi connectivity index (χ1v) is 21.7. The fourth-order valence-electron chi connectivity index (χ4n) is 6.20. The van der Waals surface area contributed by atoms with Gasteiger partial charge < -0.3 is 37.9 Å². The van der Waals surface area contributed by atoms with Gasteiger partial charge in [0, 0.05) is 42.9 Å². The van der Waals surface area contributed by atoms with E-state index in [1.54, 1.807) is 6.92 Å². The summed E-state index contributed by atoms with van der Waals surface area (Å²) in [5.74, 6) is -1.68. The van der Waals surface area contributed by atoms with Crippen molar-refractivity contribution < 1.29 is 57.1 Å². The molecule has 12 heteroatoms. The van der Waals surface area contributed by atoms with Crippen LogP contribution >= 0.6 is 0 Å². The van der Waals surface area contributed by atoms with Gasteiger partial charge >= 0.3 is 17.9 Å². The van der Waals surface area contributed by atoms with E-state index in [-0.39, 0.29) is 45.4 Å². The Morgan fingerprint density at radius 1 is 0.450 bits per heavy atom. The molecular weight excluding hydrogens is 769 g/mol. The second-order valence-electron chi connectivity index (χ2n) is 17.7. The molecule has 0 rings (SSSR count). The minimum absolute atomic E-state index is 0.146. The van der Waals surface area contributed by atoms with Crippen molar-refractivity contribution in [3.63, 3.8) is 0 Å². The molecular formula is C48H82O12. The van der Waals surface area contributed by atoms with Crippen molar-refractivity contribution in [2.24, 2.45) is 5.41 Å². The first kappa shape index (κ1) is 56.8. The van der Waals surface area contributed by atoms with Crippen molar-refractivity contribution >= 4 is 23.7 Å². The van der Waals surface area contributed by atoms with E-state index in [4.69, 9.17) is 37.9 Å². The fraction of sp³-hybridized carbons (Fsp3) is 0.750. The zero-order valence-corrected chi connectivity index (χ0v) is 39.6. The maximum atomic E-state index is 12.7. The van der Waals surface area contributed by atoms with Gasteiger partial charge in [0.1, 0.15) is 11.2 Å². The maximum absolute atomic E-state index is 12.7. The van der Waals surface area contributed by atoms with Crippen LogP contribution in [0.5, 0.6) is 0 Å². The molecule has 0 aromatic carbocycles. The van der Waals surface area contributed by atoms with Crippen molar-refractivity contribution in [2.75, 3.05) is 46.2 Å². The molecule has 12 nitrogen and oxygen atoms in total. The number of carbonyl (C=O) groups is 4. The quantitative estimate of drug-likeness (QED) is 0.0337. The van der Waals surface area contributed by atoms with Gasteiger partial charge in [0.15, 0.2) is 5.78 Å².